The second-order valence-electron chi connectivity index (χ2n) is 6.34. The van der Waals surface area contributed by atoms with E-state index in [0.717, 1.165) is 12.3 Å². The number of alkyl halides is 3. The van der Waals surface area contributed by atoms with Gasteiger partial charge in [-0.05, 0) is 38.1 Å². The number of rotatable bonds is 4. The van der Waals surface area contributed by atoms with Crippen LogP contribution in [0.3, 0.4) is 0 Å². The highest BCUT2D eigenvalue weighted by Gasteiger charge is 2.32. The summed E-state index contributed by atoms with van der Waals surface area (Å²) in [7, 11) is -3.38. The van der Waals surface area contributed by atoms with Crippen molar-refractivity contribution in [1.29, 1.82) is 0 Å². The molecule has 0 saturated heterocycles. The molecule has 0 unspecified atom stereocenters. The first-order valence-corrected chi connectivity index (χ1v) is 9.83. The summed E-state index contributed by atoms with van der Waals surface area (Å²) in [5.74, 6) is 0. The Kier molecular flexibility index (Phi) is 5.20. The molecular weight excluding hydrogens is 391 g/mol. The summed E-state index contributed by atoms with van der Waals surface area (Å²) in [5.41, 5.74) is 0.865. The molecule has 0 radical (unpaired) electrons. The first kappa shape index (κ1) is 19.9. The predicted octanol–water partition coefficient (Wildman–Crippen LogP) is 4.41. The molecular formula is C19H16F3N3O2S. The molecule has 1 aromatic carbocycles. The molecule has 0 N–H and O–H groups in total. The van der Waals surface area contributed by atoms with Crippen molar-refractivity contribution in [3.63, 3.8) is 0 Å². The number of hydrogen-bond donors (Lipinski definition) is 0. The van der Waals surface area contributed by atoms with Crippen molar-refractivity contribution < 1.29 is 21.6 Å². The van der Waals surface area contributed by atoms with Crippen LogP contribution in [0, 0.1) is 0 Å². The third-order valence-corrected chi connectivity index (χ3v) is 6.25. The van der Waals surface area contributed by atoms with E-state index in [1.54, 1.807) is 26.0 Å². The second kappa shape index (κ2) is 7.31. The Morgan fingerprint density at radius 1 is 0.857 bits per heavy atom. The zero-order valence-electron chi connectivity index (χ0n) is 15.0. The van der Waals surface area contributed by atoms with Crippen molar-refractivity contribution in [3.8, 4) is 22.5 Å². The monoisotopic (exact) mass is 407 g/mol. The van der Waals surface area contributed by atoms with Gasteiger partial charge in [0.15, 0.2) is 9.84 Å². The summed E-state index contributed by atoms with van der Waals surface area (Å²) >= 11 is 0. The Morgan fingerprint density at radius 2 is 1.43 bits per heavy atom. The Morgan fingerprint density at radius 3 is 1.93 bits per heavy atom. The summed E-state index contributed by atoms with van der Waals surface area (Å²) < 4.78 is 62.3. The number of benzene rings is 1. The smallest absolute Gasteiger partial charge is 0.260 e. The van der Waals surface area contributed by atoms with Crippen LogP contribution in [-0.2, 0) is 16.0 Å². The lowest BCUT2D eigenvalue weighted by Gasteiger charge is -2.09. The molecule has 0 amide bonds. The molecule has 0 aliphatic carbocycles. The number of pyridine rings is 1. The zero-order valence-corrected chi connectivity index (χ0v) is 15.8. The predicted molar refractivity (Wildman–Crippen MR) is 98.0 cm³/mol. The molecule has 3 rings (SSSR count). The molecule has 0 aliphatic rings. The van der Waals surface area contributed by atoms with E-state index < -0.39 is 27.0 Å². The zero-order chi connectivity index (χ0) is 20.5. The van der Waals surface area contributed by atoms with Gasteiger partial charge in [-0.3, -0.25) is 9.97 Å². The average Bonchev–Trinajstić information content (AvgIpc) is 2.67. The van der Waals surface area contributed by atoms with Gasteiger partial charge in [-0.25, -0.2) is 13.4 Å². The largest absolute Gasteiger partial charge is 0.433 e. The maximum Gasteiger partial charge on any atom is 0.433 e. The quantitative estimate of drug-likeness (QED) is 0.641. The topological polar surface area (TPSA) is 72.8 Å². The van der Waals surface area contributed by atoms with Gasteiger partial charge in [-0.1, -0.05) is 12.1 Å². The van der Waals surface area contributed by atoms with Gasteiger partial charge in [0.25, 0.3) is 0 Å². The summed E-state index contributed by atoms with van der Waals surface area (Å²) in [6, 6.07) is 8.40. The van der Waals surface area contributed by atoms with Crippen LogP contribution in [0.1, 0.15) is 19.5 Å². The number of hydrogen-bond acceptors (Lipinski definition) is 5. The summed E-state index contributed by atoms with van der Waals surface area (Å²) in [5, 5.41) is -0.534. The van der Waals surface area contributed by atoms with Crippen molar-refractivity contribution in [3.05, 3.63) is 60.7 Å². The Balaban J connectivity index is 1.92. The maximum absolute atomic E-state index is 12.6. The molecule has 0 fully saturated rings. The van der Waals surface area contributed by atoms with E-state index in [-0.39, 0.29) is 4.90 Å². The fraction of sp³-hybridized carbons (Fsp3) is 0.211. The fourth-order valence-electron chi connectivity index (χ4n) is 2.44. The normalized spacial score (nSPS) is 12.4. The summed E-state index contributed by atoms with van der Waals surface area (Å²) in [6.45, 7) is 3.21. The molecule has 0 bridgehead atoms. The minimum atomic E-state index is -4.51. The van der Waals surface area contributed by atoms with Gasteiger partial charge < -0.3 is 0 Å². The van der Waals surface area contributed by atoms with E-state index in [1.807, 2.05) is 0 Å². The second-order valence-corrected chi connectivity index (χ2v) is 8.84. The first-order valence-electron chi connectivity index (χ1n) is 8.29. The fourth-order valence-corrected chi connectivity index (χ4v) is 3.50. The van der Waals surface area contributed by atoms with Gasteiger partial charge in [0.05, 0.1) is 33.9 Å². The van der Waals surface area contributed by atoms with Crippen LogP contribution >= 0.6 is 0 Å². The molecule has 28 heavy (non-hydrogen) atoms. The van der Waals surface area contributed by atoms with Crippen molar-refractivity contribution in [2.75, 3.05) is 0 Å². The van der Waals surface area contributed by atoms with Crippen LogP contribution < -0.4 is 0 Å². The van der Waals surface area contributed by atoms with Crippen LogP contribution in [-0.4, -0.2) is 28.6 Å². The Bertz CT molecular complexity index is 1080. The SMILES string of the molecule is CC(C)S(=O)(=O)c1ccc(-c2cncc(-c3ccc(C(F)(F)F)nc3)n2)cc1. The van der Waals surface area contributed by atoms with Crippen LogP contribution in [0.2, 0.25) is 0 Å². The van der Waals surface area contributed by atoms with Gasteiger partial charge in [-0.2, -0.15) is 13.2 Å². The molecule has 9 heteroatoms. The van der Waals surface area contributed by atoms with Crippen molar-refractivity contribution >= 4 is 9.84 Å². The lowest BCUT2D eigenvalue weighted by molar-refractivity contribution is -0.141. The van der Waals surface area contributed by atoms with Gasteiger partial charge >= 0.3 is 6.18 Å². The van der Waals surface area contributed by atoms with E-state index in [9.17, 15) is 21.6 Å². The van der Waals surface area contributed by atoms with Crippen LogP contribution in [0.15, 0.2) is 59.9 Å². The molecule has 0 saturated carbocycles. The molecule has 2 aromatic heterocycles. The van der Waals surface area contributed by atoms with E-state index in [1.165, 1.54) is 30.6 Å². The molecule has 3 aromatic rings. The summed E-state index contributed by atoms with van der Waals surface area (Å²) in [4.78, 5) is 12.1. The molecule has 0 atom stereocenters. The minimum absolute atomic E-state index is 0.210. The van der Waals surface area contributed by atoms with Crippen LogP contribution in [0.25, 0.3) is 22.5 Å². The lowest BCUT2D eigenvalue weighted by Crippen LogP contribution is -2.13. The van der Waals surface area contributed by atoms with Crippen LogP contribution in [0.5, 0.6) is 0 Å². The molecule has 0 aliphatic heterocycles. The summed E-state index contributed by atoms with van der Waals surface area (Å²) in [6.07, 6.45) is -0.503. The highest BCUT2D eigenvalue weighted by Crippen LogP contribution is 2.29. The van der Waals surface area contributed by atoms with E-state index in [0.29, 0.717) is 22.5 Å². The van der Waals surface area contributed by atoms with Crippen molar-refractivity contribution in [2.24, 2.45) is 0 Å². The van der Waals surface area contributed by atoms with Gasteiger partial charge in [-0.15, -0.1) is 0 Å². The van der Waals surface area contributed by atoms with E-state index in [2.05, 4.69) is 15.0 Å². The Hall–Kier alpha value is -2.81. The molecule has 2 heterocycles. The van der Waals surface area contributed by atoms with E-state index in [4.69, 9.17) is 0 Å². The maximum atomic E-state index is 12.6. The first-order chi connectivity index (χ1) is 13.1. The third kappa shape index (κ3) is 4.04. The molecule has 5 nitrogen and oxygen atoms in total. The highest BCUT2D eigenvalue weighted by molar-refractivity contribution is 7.92. The number of sulfone groups is 1. The Labute approximate surface area is 160 Å². The van der Waals surface area contributed by atoms with Crippen LogP contribution in [0.4, 0.5) is 13.2 Å². The minimum Gasteiger partial charge on any atom is -0.260 e. The standard InChI is InChI=1S/C19H16F3N3O2S/c1-12(2)28(26,27)15-6-3-13(4-7-15)16-10-23-11-17(25-16)14-5-8-18(24-9-14)19(20,21)22/h3-12H,1-2H3. The van der Waals surface area contributed by atoms with Gasteiger partial charge in [0.1, 0.15) is 5.69 Å². The highest BCUT2D eigenvalue weighted by atomic mass is 32.2. The molecule has 0 spiro atoms. The van der Waals surface area contributed by atoms with Gasteiger partial charge in [0, 0.05) is 17.3 Å². The van der Waals surface area contributed by atoms with Crippen molar-refractivity contribution in [1.82, 2.24) is 15.0 Å². The van der Waals surface area contributed by atoms with Gasteiger partial charge in [0.2, 0.25) is 0 Å². The lowest BCUT2D eigenvalue weighted by atomic mass is 10.1. The van der Waals surface area contributed by atoms with Crippen molar-refractivity contribution in [2.45, 2.75) is 30.2 Å². The number of aromatic nitrogens is 3. The third-order valence-electron chi connectivity index (χ3n) is 4.08. The number of nitrogens with zero attached hydrogens (tertiary/aromatic N) is 3. The molecule has 146 valence electrons. The average molecular weight is 407 g/mol. The number of halogens is 3. The van der Waals surface area contributed by atoms with E-state index >= 15 is 0 Å².